The van der Waals surface area contributed by atoms with Crippen LogP contribution < -0.4 is 15.4 Å². The van der Waals surface area contributed by atoms with Gasteiger partial charge in [-0.05, 0) is 30.2 Å². The van der Waals surface area contributed by atoms with Crippen molar-refractivity contribution >= 4 is 29.9 Å². The largest absolute Gasteiger partial charge is 0.497 e. The predicted molar refractivity (Wildman–Crippen MR) is 117 cm³/mol. The Hall–Kier alpha value is -1.80. The highest BCUT2D eigenvalue weighted by Crippen LogP contribution is 2.15. The van der Waals surface area contributed by atoms with Gasteiger partial charge in [-0.25, -0.2) is 4.99 Å². The molecule has 0 aliphatic heterocycles. The Kier molecular flexibility index (Phi) is 10.7. The van der Waals surface area contributed by atoms with Gasteiger partial charge < -0.3 is 20.1 Å². The molecule has 0 saturated carbocycles. The predicted octanol–water partition coefficient (Wildman–Crippen LogP) is 3.76. The molecule has 0 fully saturated rings. The topological polar surface area (TPSA) is 54.9 Å². The van der Waals surface area contributed by atoms with E-state index >= 15 is 0 Å². The Morgan fingerprint density at radius 1 is 1.04 bits per heavy atom. The molecular formula is C20H28IN3O2. The Labute approximate surface area is 173 Å². The van der Waals surface area contributed by atoms with Crippen LogP contribution in [0.2, 0.25) is 0 Å². The highest BCUT2D eigenvalue weighted by atomic mass is 127. The maximum Gasteiger partial charge on any atom is 0.191 e. The van der Waals surface area contributed by atoms with Gasteiger partial charge in [0.25, 0.3) is 0 Å². The van der Waals surface area contributed by atoms with Crippen LogP contribution in [0.15, 0.2) is 59.6 Å². The molecule has 6 heteroatoms. The standard InChI is InChI=1S/C20H27N3O2.HI/c1-4-21-20(22-14-16-9-8-12-18(13-16)24-2)23-15-19(25-3)17-10-6-5-7-11-17;/h5-13,19H,4,14-15H2,1-3H3,(H2,21,22,23);1H. The van der Waals surface area contributed by atoms with E-state index in [0.717, 1.165) is 29.4 Å². The van der Waals surface area contributed by atoms with Crippen molar-refractivity contribution in [2.24, 2.45) is 4.99 Å². The van der Waals surface area contributed by atoms with Crippen molar-refractivity contribution in [3.8, 4) is 5.75 Å². The fourth-order valence-corrected chi connectivity index (χ4v) is 2.48. The average Bonchev–Trinajstić information content (AvgIpc) is 2.67. The second-order valence-electron chi connectivity index (χ2n) is 5.56. The molecule has 5 nitrogen and oxygen atoms in total. The van der Waals surface area contributed by atoms with Crippen LogP contribution >= 0.6 is 24.0 Å². The first-order valence-corrected chi connectivity index (χ1v) is 8.49. The fourth-order valence-electron chi connectivity index (χ4n) is 2.48. The third-order valence-electron chi connectivity index (χ3n) is 3.81. The van der Waals surface area contributed by atoms with E-state index in [1.54, 1.807) is 14.2 Å². The van der Waals surface area contributed by atoms with Crippen LogP contribution in [0.1, 0.15) is 24.2 Å². The first-order chi connectivity index (χ1) is 12.3. The van der Waals surface area contributed by atoms with Gasteiger partial charge in [0.05, 0.1) is 19.8 Å². The smallest absolute Gasteiger partial charge is 0.191 e. The van der Waals surface area contributed by atoms with Crippen molar-refractivity contribution in [2.75, 3.05) is 27.3 Å². The molecule has 0 spiro atoms. The molecule has 0 aliphatic carbocycles. The number of nitrogens with one attached hydrogen (secondary N) is 2. The van der Waals surface area contributed by atoms with Gasteiger partial charge in [0, 0.05) is 20.2 Å². The second kappa shape index (κ2) is 12.5. The summed E-state index contributed by atoms with van der Waals surface area (Å²) in [5.74, 6) is 1.61. The van der Waals surface area contributed by atoms with Crippen molar-refractivity contribution < 1.29 is 9.47 Å². The maximum absolute atomic E-state index is 5.60. The van der Waals surface area contributed by atoms with Crippen molar-refractivity contribution in [3.63, 3.8) is 0 Å². The summed E-state index contributed by atoms with van der Waals surface area (Å²) in [6.07, 6.45) is -0.0260. The van der Waals surface area contributed by atoms with Crippen molar-refractivity contribution in [1.82, 2.24) is 10.6 Å². The van der Waals surface area contributed by atoms with Crippen LogP contribution in [0.4, 0.5) is 0 Å². The zero-order chi connectivity index (χ0) is 17.9. The number of hydrogen-bond donors (Lipinski definition) is 2. The highest BCUT2D eigenvalue weighted by molar-refractivity contribution is 14.0. The van der Waals surface area contributed by atoms with Crippen LogP contribution in [-0.4, -0.2) is 33.3 Å². The number of hydrogen-bond acceptors (Lipinski definition) is 3. The summed E-state index contributed by atoms with van der Waals surface area (Å²) in [4.78, 5) is 4.64. The lowest BCUT2D eigenvalue weighted by atomic mass is 10.1. The number of guanidine groups is 1. The minimum atomic E-state index is -0.0260. The fraction of sp³-hybridized carbons (Fsp3) is 0.350. The van der Waals surface area contributed by atoms with Gasteiger partial charge in [-0.2, -0.15) is 0 Å². The molecule has 2 aromatic carbocycles. The van der Waals surface area contributed by atoms with Gasteiger partial charge in [0.2, 0.25) is 0 Å². The first-order valence-electron chi connectivity index (χ1n) is 8.49. The molecule has 2 N–H and O–H groups in total. The summed E-state index contributed by atoms with van der Waals surface area (Å²) in [6, 6.07) is 18.1. The maximum atomic E-state index is 5.60. The molecule has 142 valence electrons. The summed E-state index contributed by atoms with van der Waals surface area (Å²) in [6.45, 7) is 4.07. The van der Waals surface area contributed by atoms with Gasteiger partial charge >= 0.3 is 0 Å². The van der Waals surface area contributed by atoms with E-state index in [4.69, 9.17) is 9.47 Å². The Bertz CT molecular complexity index is 665. The quantitative estimate of drug-likeness (QED) is 0.351. The lowest BCUT2D eigenvalue weighted by Gasteiger charge is -2.18. The molecule has 0 heterocycles. The summed E-state index contributed by atoms with van der Waals surface area (Å²) in [5, 5.41) is 6.62. The third kappa shape index (κ3) is 7.21. The zero-order valence-electron chi connectivity index (χ0n) is 15.6. The number of methoxy groups -OCH3 is 2. The molecule has 0 radical (unpaired) electrons. The summed E-state index contributed by atoms with van der Waals surface area (Å²) in [5.41, 5.74) is 2.24. The Balaban J connectivity index is 0.00000338. The molecule has 1 atom stereocenters. The molecule has 0 amide bonds. The summed E-state index contributed by atoms with van der Waals surface area (Å²) < 4.78 is 10.9. The highest BCUT2D eigenvalue weighted by Gasteiger charge is 2.10. The van der Waals surface area contributed by atoms with Crippen LogP contribution in [0.25, 0.3) is 0 Å². The third-order valence-corrected chi connectivity index (χ3v) is 3.81. The number of halogens is 1. The molecule has 1 unspecified atom stereocenters. The van der Waals surface area contributed by atoms with E-state index in [9.17, 15) is 0 Å². The van der Waals surface area contributed by atoms with Crippen molar-refractivity contribution in [1.29, 1.82) is 0 Å². The van der Waals surface area contributed by atoms with Crippen LogP contribution in [0, 0.1) is 0 Å². The van der Waals surface area contributed by atoms with E-state index in [0.29, 0.717) is 13.1 Å². The molecule has 0 aliphatic rings. The Morgan fingerprint density at radius 3 is 2.46 bits per heavy atom. The van der Waals surface area contributed by atoms with Crippen molar-refractivity contribution in [2.45, 2.75) is 19.6 Å². The molecule has 26 heavy (non-hydrogen) atoms. The SMILES string of the molecule is CCNC(=NCc1cccc(OC)c1)NCC(OC)c1ccccc1.I. The van der Waals surface area contributed by atoms with Gasteiger partial charge in [-0.3, -0.25) is 0 Å². The molecule has 0 aromatic heterocycles. The summed E-state index contributed by atoms with van der Waals surface area (Å²) >= 11 is 0. The van der Waals surface area contributed by atoms with Crippen molar-refractivity contribution in [3.05, 3.63) is 65.7 Å². The van der Waals surface area contributed by atoms with Gasteiger partial charge in [0.15, 0.2) is 5.96 Å². The van der Waals surface area contributed by atoms with Crippen LogP contribution in [0.3, 0.4) is 0 Å². The lowest BCUT2D eigenvalue weighted by molar-refractivity contribution is 0.106. The van der Waals surface area contributed by atoms with Gasteiger partial charge in [-0.15, -0.1) is 24.0 Å². The zero-order valence-corrected chi connectivity index (χ0v) is 17.9. The first kappa shape index (κ1) is 22.2. The number of aliphatic imine (C=N–C) groups is 1. The normalized spacial score (nSPS) is 12.0. The number of ether oxygens (including phenoxy) is 2. The van der Waals surface area contributed by atoms with Crippen LogP contribution in [0.5, 0.6) is 5.75 Å². The van der Waals surface area contributed by atoms with E-state index in [-0.39, 0.29) is 30.1 Å². The van der Waals surface area contributed by atoms with Gasteiger partial charge in [-0.1, -0.05) is 42.5 Å². The molecule has 0 saturated heterocycles. The number of rotatable bonds is 8. The lowest BCUT2D eigenvalue weighted by Crippen LogP contribution is -2.39. The minimum absolute atomic E-state index is 0. The second-order valence-corrected chi connectivity index (χ2v) is 5.56. The molecule has 2 rings (SSSR count). The minimum Gasteiger partial charge on any atom is -0.497 e. The Morgan fingerprint density at radius 2 is 1.81 bits per heavy atom. The van der Waals surface area contributed by atoms with E-state index in [1.807, 2.05) is 49.4 Å². The summed E-state index contributed by atoms with van der Waals surface area (Å²) in [7, 11) is 3.39. The van der Waals surface area contributed by atoms with E-state index in [2.05, 4.69) is 27.8 Å². The number of benzene rings is 2. The monoisotopic (exact) mass is 469 g/mol. The molecule has 0 bridgehead atoms. The van der Waals surface area contributed by atoms with E-state index in [1.165, 1.54) is 0 Å². The van der Waals surface area contributed by atoms with Crippen LogP contribution in [-0.2, 0) is 11.3 Å². The number of nitrogens with zero attached hydrogens (tertiary/aromatic N) is 1. The van der Waals surface area contributed by atoms with Gasteiger partial charge in [0.1, 0.15) is 5.75 Å². The van der Waals surface area contributed by atoms with E-state index < -0.39 is 0 Å². The molecule has 2 aromatic rings. The average molecular weight is 469 g/mol. The molecular weight excluding hydrogens is 441 g/mol.